The minimum absolute atomic E-state index is 0.132. The van der Waals surface area contributed by atoms with Crippen LogP contribution in [0.25, 0.3) is 0 Å². The van der Waals surface area contributed by atoms with E-state index < -0.39 is 0 Å². The number of aromatic nitrogens is 2. The zero-order valence-corrected chi connectivity index (χ0v) is 11.5. The molecule has 0 spiro atoms. The van der Waals surface area contributed by atoms with Gasteiger partial charge < -0.3 is 16.3 Å². The van der Waals surface area contributed by atoms with Crippen LogP contribution in [-0.4, -0.2) is 27.4 Å². The molecule has 1 aromatic heterocycles. The lowest BCUT2D eigenvalue weighted by Crippen LogP contribution is -2.21. The first-order valence-electron chi connectivity index (χ1n) is 6.45. The molecule has 2 rings (SSSR count). The Bertz CT molecular complexity index is 591. The largest absolute Gasteiger partial charge is 0.409 e. The van der Waals surface area contributed by atoms with Crippen molar-refractivity contribution in [2.45, 2.75) is 13.0 Å². The van der Waals surface area contributed by atoms with Crippen molar-refractivity contribution in [1.82, 2.24) is 15.1 Å². The Morgan fingerprint density at radius 3 is 2.90 bits per heavy atom. The lowest BCUT2D eigenvalue weighted by molar-refractivity contribution is 0.318. The van der Waals surface area contributed by atoms with E-state index >= 15 is 0 Å². The van der Waals surface area contributed by atoms with E-state index in [9.17, 15) is 0 Å². The maximum atomic E-state index is 8.77. The highest BCUT2D eigenvalue weighted by molar-refractivity contribution is 5.98. The molecule has 0 aliphatic carbocycles. The minimum Gasteiger partial charge on any atom is -0.409 e. The van der Waals surface area contributed by atoms with E-state index in [2.05, 4.69) is 15.6 Å². The summed E-state index contributed by atoms with van der Waals surface area (Å²) in [6, 6.07) is 9.60. The Hall–Kier alpha value is -2.34. The van der Waals surface area contributed by atoms with Gasteiger partial charge in [-0.15, -0.1) is 0 Å². The molecule has 0 unspecified atom stereocenters. The number of nitrogens with two attached hydrogens (primary N) is 1. The van der Waals surface area contributed by atoms with Crippen LogP contribution in [0.15, 0.2) is 41.7 Å². The predicted octanol–water partition coefficient (Wildman–Crippen LogP) is 0.847. The van der Waals surface area contributed by atoms with Gasteiger partial charge >= 0.3 is 0 Å². The summed E-state index contributed by atoms with van der Waals surface area (Å²) in [5.41, 5.74) is 8.47. The van der Waals surface area contributed by atoms with E-state index in [0.717, 1.165) is 29.8 Å². The fourth-order valence-electron chi connectivity index (χ4n) is 2.01. The SMILES string of the molecule is Cn1ccc(CCNCc2ccccc2/C(N)=N/O)n1. The number of nitrogens with zero attached hydrogens (tertiary/aromatic N) is 3. The molecule has 2 aromatic rings. The van der Waals surface area contributed by atoms with Gasteiger partial charge in [-0.05, 0) is 11.6 Å². The Kier molecular flexibility index (Phi) is 4.73. The van der Waals surface area contributed by atoms with Crippen molar-refractivity contribution in [3.63, 3.8) is 0 Å². The van der Waals surface area contributed by atoms with Crippen LogP contribution in [0, 0.1) is 0 Å². The minimum atomic E-state index is 0.132. The van der Waals surface area contributed by atoms with Gasteiger partial charge in [-0.2, -0.15) is 5.10 Å². The molecule has 106 valence electrons. The highest BCUT2D eigenvalue weighted by atomic mass is 16.4. The monoisotopic (exact) mass is 273 g/mol. The smallest absolute Gasteiger partial charge is 0.170 e. The zero-order valence-electron chi connectivity index (χ0n) is 11.5. The Morgan fingerprint density at radius 1 is 1.40 bits per heavy atom. The van der Waals surface area contributed by atoms with Crippen LogP contribution in [0.3, 0.4) is 0 Å². The summed E-state index contributed by atoms with van der Waals surface area (Å²) in [5.74, 6) is 0.132. The highest BCUT2D eigenvalue weighted by Gasteiger charge is 2.05. The second-order valence-electron chi connectivity index (χ2n) is 4.55. The zero-order chi connectivity index (χ0) is 14.4. The van der Waals surface area contributed by atoms with Gasteiger partial charge in [0.2, 0.25) is 0 Å². The van der Waals surface area contributed by atoms with Crippen molar-refractivity contribution in [3.05, 3.63) is 53.3 Å². The van der Waals surface area contributed by atoms with Crippen LogP contribution < -0.4 is 11.1 Å². The molecule has 0 aliphatic heterocycles. The van der Waals surface area contributed by atoms with Gasteiger partial charge in [0.1, 0.15) is 0 Å². The topological polar surface area (TPSA) is 88.5 Å². The van der Waals surface area contributed by atoms with Gasteiger partial charge in [0, 0.05) is 38.3 Å². The van der Waals surface area contributed by atoms with E-state index in [1.165, 1.54) is 0 Å². The van der Waals surface area contributed by atoms with E-state index in [4.69, 9.17) is 10.9 Å². The molecule has 1 heterocycles. The molecule has 4 N–H and O–H groups in total. The number of benzene rings is 1. The van der Waals surface area contributed by atoms with Gasteiger partial charge in [0.05, 0.1) is 5.69 Å². The van der Waals surface area contributed by atoms with E-state index in [0.29, 0.717) is 6.54 Å². The van der Waals surface area contributed by atoms with Gasteiger partial charge in [0.25, 0.3) is 0 Å². The van der Waals surface area contributed by atoms with Crippen molar-refractivity contribution in [1.29, 1.82) is 0 Å². The third kappa shape index (κ3) is 3.58. The number of hydrogen-bond donors (Lipinski definition) is 3. The molecular formula is C14H19N5O. The van der Waals surface area contributed by atoms with Gasteiger partial charge in [-0.1, -0.05) is 29.4 Å². The molecule has 0 amide bonds. The van der Waals surface area contributed by atoms with E-state index in [-0.39, 0.29) is 5.84 Å². The summed E-state index contributed by atoms with van der Waals surface area (Å²) in [6.07, 6.45) is 2.80. The average molecular weight is 273 g/mol. The molecule has 6 heteroatoms. The quantitative estimate of drug-likeness (QED) is 0.239. The molecular weight excluding hydrogens is 254 g/mol. The molecule has 0 aliphatic rings. The van der Waals surface area contributed by atoms with Crippen molar-refractivity contribution in [2.24, 2.45) is 17.9 Å². The number of nitrogens with one attached hydrogen (secondary N) is 1. The second-order valence-corrected chi connectivity index (χ2v) is 4.55. The summed E-state index contributed by atoms with van der Waals surface area (Å²) >= 11 is 0. The molecule has 0 atom stereocenters. The normalized spacial score (nSPS) is 11.8. The molecule has 0 saturated carbocycles. The van der Waals surface area contributed by atoms with Crippen LogP contribution >= 0.6 is 0 Å². The Morgan fingerprint density at radius 2 is 2.20 bits per heavy atom. The van der Waals surface area contributed by atoms with Crippen molar-refractivity contribution in [2.75, 3.05) is 6.54 Å². The molecule has 0 radical (unpaired) electrons. The molecule has 0 bridgehead atoms. The van der Waals surface area contributed by atoms with Crippen molar-refractivity contribution < 1.29 is 5.21 Å². The van der Waals surface area contributed by atoms with E-state index in [1.54, 1.807) is 4.68 Å². The number of aryl methyl sites for hydroxylation is 1. The van der Waals surface area contributed by atoms with Gasteiger partial charge in [-0.3, -0.25) is 4.68 Å². The summed E-state index contributed by atoms with van der Waals surface area (Å²) in [6.45, 7) is 1.49. The maximum absolute atomic E-state index is 8.77. The molecule has 0 fully saturated rings. The van der Waals surface area contributed by atoms with E-state index in [1.807, 2.05) is 43.6 Å². The summed E-state index contributed by atoms with van der Waals surface area (Å²) < 4.78 is 1.79. The summed E-state index contributed by atoms with van der Waals surface area (Å²) in [4.78, 5) is 0. The summed E-state index contributed by atoms with van der Waals surface area (Å²) in [7, 11) is 1.91. The maximum Gasteiger partial charge on any atom is 0.170 e. The number of amidine groups is 1. The van der Waals surface area contributed by atoms with Crippen LogP contribution in [0.4, 0.5) is 0 Å². The predicted molar refractivity (Wildman–Crippen MR) is 77.6 cm³/mol. The summed E-state index contributed by atoms with van der Waals surface area (Å²) in [5, 5.41) is 19.5. The first kappa shape index (κ1) is 14.1. The van der Waals surface area contributed by atoms with Crippen LogP contribution in [-0.2, 0) is 20.0 Å². The first-order valence-corrected chi connectivity index (χ1v) is 6.45. The molecule has 1 aromatic carbocycles. The van der Waals surface area contributed by atoms with Gasteiger partial charge in [0.15, 0.2) is 5.84 Å². The van der Waals surface area contributed by atoms with Crippen LogP contribution in [0.2, 0.25) is 0 Å². The van der Waals surface area contributed by atoms with Gasteiger partial charge in [-0.25, -0.2) is 0 Å². The Balaban J connectivity index is 1.88. The lowest BCUT2D eigenvalue weighted by Gasteiger charge is -2.09. The van der Waals surface area contributed by atoms with Crippen LogP contribution in [0.5, 0.6) is 0 Å². The average Bonchev–Trinajstić information content (AvgIpc) is 2.89. The fourth-order valence-corrected chi connectivity index (χ4v) is 2.01. The second kappa shape index (κ2) is 6.72. The third-order valence-electron chi connectivity index (χ3n) is 3.04. The van der Waals surface area contributed by atoms with Crippen LogP contribution in [0.1, 0.15) is 16.8 Å². The third-order valence-corrected chi connectivity index (χ3v) is 3.04. The highest BCUT2D eigenvalue weighted by Crippen LogP contribution is 2.08. The molecule has 20 heavy (non-hydrogen) atoms. The fraction of sp³-hybridized carbons (Fsp3) is 0.286. The Labute approximate surface area is 117 Å². The van der Waals surface area contributed by atoms with Crippen molar-refractivity contribution >= 4 is 5.84 Å². The standard InChI is InChI=1S/C14H19N5O/c1-19-9-7-12(17-19)6-8-16-10-11-4-2-3-5-13(11)14(15)18-20/h2-5,7,9,16,20H,6,8,10H2,1H3,(H2,15,18). The number of rotatable bonds is 6. The first-order chi connectivity index (χ1) is 9.70. The van der Waals surface area contributed by atoms with Crippen molar-refractivity contribution in [3.8, 4) is 0 Å². The molecule has 6 nitrogen and oxygen atoms in total. The lowest BCUT2D eigenvalue weighted by atomic mass is 10.1. The number of hydrogen-bond acceptors (Lipinski definition) is 4. The number of oxime groups is 1. The molecule has 0 saturated heterocycles.